The van der Waals surface area contributed by atoms with Gasteiger partial charge in [0.15, 0.2) is 0 Å². The number of phenols is 1. The van der Waals surface area contributed by atoms with Crippen LogP contribution in [0.2, 0.25) is 0 Å². The molecule has 1 aromatic rings. The van der Waals surface area contributed by atoms with Gasteiger partial charge in [0.2, 0.25) is 10.0 Å². The molecule has 0 amide bonds. The van der Waals surface area contributed by atoms with Gasteiger partial charge in [0.25, 0.3) is 0 Å². The van der Waals surface area contributed by atoms with Crippen LogP contribution in [-0.4, -0.2) is 20.1 Å². The molecule has 0 heterocycles. The van der Waals surface area contributed by atoms with Crippen LogP contribution < -0.4 is 10.5 Å². The lowest BCUT2D eigenvalue weighted by molar-refractivity contribution is 0.477. The van der Waals surface area contributed by atoms with Gasteiger partial charge in [-0.05, 0) is 43.9 Å². The molecule has 6 heteroatoms. The number of hydrogen-bond donors (Lipinski definition) is 3. The van der Waals surface area contributed by atoms with Crippen molar-refractivity contribution >= 4 is 15.7 Å². The zero-order valence-electron chi connectivity index (χ0n) is 10.6. The first-order chi connectivity index (χ1) is 8.99. The maximum Gasteiger partial charge on any atom is 0.240 e. The van der Waals surface area contributed by atoms with Crippen molar-refractivity contribution in [2.75, 3.05) is 12.3 Å². The first-order valence-electron chi connectivity index (χ1n) is 6.25. The Morgan fingerprint density at radius 1 is 1.37 bits per heavy atom. The molecular weight excluding hydrogens is 264 g/mol. The second-order valence-electron chi connectivity index (χ2n) is 4.62. The molecule has 0 aliphatic heterocycles. The van der Waals surface area contributed by atoms with Crippen molar-refractivity contribution in [2.45, 2.75) is 30.6 Å². The van der Waals surface area contributed by atoms with E-state index >= 15 is 0 Å². The van der Waals surface area contributed by atoms with E-state index in [9.17, 15) is 13.5 Å². The van der Waals surface area contributed by atoms with E-state index in [0.29, 0.717) is 6.54 Å². The predicted molar refractivity (Wildman–Crippen MR) is 74.3 cm³/mol. The normalized spacial score (nSPS) is 15.5. The largest absolute Gasteiger partial charge is 0.506 e. The summed E-state index contributed by atoms with van der Waals surface area (Å²) in [5, 5.41) is 9.28. The van der Waals surface area contributed by atoms with Crippen LogP contribution in [0, 0.1) is 0 Å². The van der Waals surface area contributed by atoms with E-state index in [-0.39, 0.29) is 16.3 Å². The van der Waals surface area contributed by atoms with Gasteiger partial charge in [-0.1, -0.05) is 11.6 Å². The lowest BCUT2D eigenvalue weighted by atomic mass is 10.2. The maximum absolute atomic E-state index is 12.0. The van der Waals surface area contributed by atoms with Crippen LogP contribution in [0.15, 0.2) is 34.7 Å². The first-order valence-corrected chi connectivity index (χ1v) is 7.73. The molecule has 4 N–H and O–H groups in total. The number of sulfonamides is 1. The minimum absolute atomic E-state index is 0.0568. The SMILES string of the molecule is Nc1cc(S(=O)(=O)NCCC2=CCCC2)ccc1O. The van der Waals surface area contributed by atoms with Crippen LogP contribution in [0.3, 0.4) is 0 Å². The molecule has 1 aromatic carbocycles. The van der Waals surface area contributed by atoms with Crippen LogP contribution in [0.4, 0.5) is 5.69 Å². The molecule has 0 atom stereocenters. The zero-order chi connectivity index (χ0) is 13.9. The average molecular weight is 282 g/mol. The van der Waals surface area contributed by atoms with Crippen molar-refractivity contribution in [1.82, 2.24) is 4.72 Å². The summed E-state index contributed by atoms with van der Waals surface area (Å²) >= 11 is 0. The molecule has 0 saturated heterocycles. The highest BCUT2D eigenvalue weighted by Crippen LogP contribution is 2.23. The van der Waals surface area contributed by atoms with E-state index in [1.54, 1.807) is 0 Å². The third-order valence-corrected chi connectivity index (χ3v) is 4.64. The van der Waals surface area contributed by atoms with Crippen LogP contribution in [0.5, 0.6) is 5.75 Å². The summed E-state index contributed by atoms with van der Waals surface area (Å²) in [5.41, 5.74) is 6.86. The van der Waals surface area contributed by atoms with Crippen LogP contribution in [0.25, 0.3) is 0 Å². The van der Waals surface area contributed by atoms with E-state index in [0.717, 1.165) is 25.7 Å². The Hall–Kier alpha value is -1.53. The smallest absolute Gasteiger partial charge is 0.240 e. The lowest BCUT2D eigenvalue weighted by Crippen LogP contribution is -2.25. The molecule has 19 heavy (non-hydrogen) atoms. The van der Waals surface area contributed by atoms with Gasteiger partial charge in [0.05, 0.1) is 10.6 Å². The fourth-order valence-corrected chi connectivity index (χ4v) is 3.16. The van der Waals surface area contributed by atoms with Crippen LogP contribution >= 0.6 is 0 Å². The van der Waals surface area contributed by atoms with Gasteiger partial charge in [-0.15, -0.1) is 0 Å². The third-order valence-electron chi connectivity index (χ3n) is 3.18. The van der Waals surface area contributed by atoms with E-state index < -0.39 is 10.0 Å². The summed E-state index contributed by atoms with van der Waals surface area (Å²) in [7, 11) is -3.56. The molecule has 0 radical (unpaired) electrons. The first kappa shape index (κ1) is 13.9. The number of benzene rings is 1. The van der Waals surface area contributed by atoms with Gasteiger partial charge < -0.3 is 10.8 Å². The number of anilines is 1. The fraction of sp³-hybridized carbons (Fsp3) is 0.385. The quantitative estimate of drug-likeness (QED) is 0.436. The summed E-state index contributed by atoms with van der Waals surface area (Å²) in [6.07, 6.45) is 6.24. The molecule has 0 fully saturated rings. The molecule has 104 valence electrons. The van der Waals surface area contributed by atoms with Crippen molar-refractivity contribution < 1.29 is 13.5 Å². The maximum atomic E-state index is 12.0. The molecule has 0 aromatic heterocycles. The monoisotopic (exact) mass is 282 g/mol. The van der Waals surface area contributed by atoms with E-state index in [1.807, 2.05) is 0 Å². The molecule has 5 nitrogen and oxygen atoms in total. The Morgan fingerprint density at radius 2 is 2.16 bits per heavy atom. The van der Waals surface area contributed by atoms with Gasteiger partial charge in [-0.2, -0.15) is 0 Å². The number of aromatic hydroxyl groups is 1. The molecule has 0 spiro atoms. The van der Waals surface area contributed by atoms with Crippen molar-refractivity contribution in [1.29, 1.82) is 0 Å². The predicted octanol–water partition coefficient (Wildman–Crippen LogP) is 1.75. The van der Waals surface area contributed by atoms with Gasteiger partial charge in [-0.25, -0.2) is 13.1 Å². The second kappa shape index (κ2) is 5.63. The zero-order valence-corrected chi connectivity index (χ0v) is 11.4. The lowest BCUT2D eigenvalue weighted by Gasteiger charge is -2.08. The minimum atomic E-state index is -3.56. The van der Waals surface area contributed by atoms with Crippen LogP contribution in [-0.2, 0) is 10.0 Å². The Morgan fingerprint density at radius 3 is 2.79 bits per heavy atom. The number of nitrogens with one attached hydrogen (secondary N) is 1. The highest BCUT2D eigenvalue weighted by atomic mass is 32.2. The van der Waals surface area contributed by atoms with Gasteiger partial charge >= 0.3 is 0 Å². The number of hydrogen-bond acceptors (Lipinski definition) is 4. The molecule has 0 unspecified atom stereocenters. The van der Waals surface area contributed by atoms with Crippen LogP contribution in [0.1, 0.15) is 25.7 Å². The summed E-state index contributed by atoms with van der Waals surface area (Å²) in [5.74, 6) is -0.116. The fourth-order valence-electron chi connectivity index (χ4n) is 2.09. The Bertz CT molecular complexity index is 594. The van der Waals surface area contributed by atoms with E-state index in [2.05, 4.69) is 10.8 Å². The number of nitrogens with two attached hydrogens (primary N) is 1. The third kappa shape index (κ3) is 3.48. The summed E-state index contributed by atoms with van der Waals surface area (Å²) in [6, 6.07) is 3.87. The van der Waals surface area contributed by atoms with E-state index in [4.69, 9.17) is 5.73 Å². The number of rotatable bonds is 5. The molecule has 1 aliphatic carbocycles. The van der Waals surface area contributed by atoms with Gasteiger partial charge in [0.1, 0.15) is 5.75 Å². The number of phenolic OH excluding ortho intramolecular Hbond substituents is 1. The number of nitrogen functional groups attached to an aromatic ring is 1. The summed E-state index contributed by atoms with van der Waals surface area (Å²) in [6.45, 7) is 0.384. The van der Waals surface area contributed by atoms with Crippen molar-refractivity contribution in [2.24, 2.45) is 0 Å². The summed E-state index contributed by atoms with van der Waals surface area (Å²) < 4.78 is 26.5. The molecule has 0 saturated carbocycles. The Balaban J connectivity index is 1.99. The summed E-state index contributed by atoms with van der Waals surface area (Å²) in [4.78, 5) is 0.0724. The molecule has 1 aliphatic rings. The molecule has 2 rings (SSSR count). The highest BCUT2D eigenvalue weighted by molar-refractivity contribution is 7.89. The Labute approximate surface area is 113 Å². The standard InChI is InChI=1S/C13H18N2O3S/c14-12-9-11(5-6-13(12)16)19(17,18)15-8-7-10-3-1-2-4-10/h3,5-6,9,15-16H,1-2,4,7-8,14H2. The minimum Gasteiger partial charge on any atom is -0.506 e. The van der Waals surface area contributed by atoms with Crippen molar-refractivity contribution in [3.05, 3.63) is 29.8 Å². The van der Waals surface area contributed by atoms with Crippen molar-refractivity contribution in [3.63, 3.8) is 0 Å². The average Bonchev–Trinajstić information content (AvgIpc) is 2.85. The molecule has 0 bridgehead atoms. The highest BCUT2D eigenvalue weighted by Gasteiger charge is 2.15. The van der Waals surface area contributed by atoms with Gasteiger partial charge in [-0.3, -0.25) is 0 Å². The van der Waals surface area contributed by atoms with Crippen molar-refractivity contribution in [3.8, 4) is 5.75 Å². The van der Waals surface area contributed by atoms with Gasteiger partial charge in [0, 0.05) is 6.54 Å². The molecular formula is C13H18N2O3S. The number of allylic oxidation sites excluding steroid dienone is 1. The van der Waals surface area contributed by atoms with E-state index in [1.165, 1.54) is 23.8 Å². The second-order valence-corrected chi connectivity index (χ2v) is 6.39. The topological polar surface area (TPSA) is 92.4 Å². The Kier molecular flexibility index (Phi) is 4.11.